The summed E-state index contributed by atoms with van der Waals surface area (Å²) in [6, 6.07) is -2.24. The number of carboxylic acid groups (broad SMARTS) is 1. The molecular formula is C13H25N3O4. The van der Waals surface area contributed by atoms with Crippen molar-refractivity contribution in [3.63, 3.8) is 0 Å². The van der Waals surface area contributed by atoms with E-state index in [9.17, 15) is 14.4 Å². The van der Waals surface area contributed by atoms with Crippen LogP contribution in [0.3, 0.4) is 0 Å². The van der Waals surface area contributed by atoms with Crippen LogP contribution in [0.4, 0.5) is 4.79 Å². The summed E-state index contributed by atoms with van der Waals surface area (Å²) in [6.45, 7) is 8.74. The van der Waals surface area contributed by atoms with Gasteiger partial charge >= 0.3 is 12.0 Å². The minimum atomic E-state index is -1.07. The lowest BCUT2D eigenvalue weighted by Gasteiger charge is -2.27. The van der Waals surface area contributed by atoms with Crippen LogP contribution < -0.4 is 10.6 Å². The fourth-order valence-electron chi connectivity index (χ4n) is 1.59. The quantitative estimate of drug-likeness (QED) is 0.696. The Morgan fingerprint density at radius 3 is 2.10 bits per heavy atom. The molecule has 0 bridgehead atoms. The largest absolute Gasteiger partial charge is 0.480 e. The summed E-state index contributed by atoms with van der Waals surface area (Å²) < 4.78 is 0. The second-order valence-electron chi connectivity index (χ2n) is 5.78. The first-order chi connectivity index (χ1) is 8.99. The van der Waals surface area contributed by atoms with Gasteiger partial charge in [0.25, 0.3) is 0 Å². The van der Waals surface area contributed by atoms with E-state index in [4.69, 9.17) is 5.11 Å². The number of likely N-dealkylation sites (N-methyl/N-ethyl adjacent to an activating group) is 1. The van der Waals surface area contributed by atoms with Crippen LogP contribution in [0.2, 0.25) is 0 Å². The molecule has 3 amide bonds. The van der Waals surface area contributed by atoms with E-state index in [-0.39, 0.29) is 5.91 Å². The predicted octanol–water partition coefficient (Wildman–Crippen LogP) is 0.794. The highest BCUT2D eigenvalue weighted by molar-refractivity contribution is 5.88. The number of rotatable bonds is 5. The first-order valence-electron chi connectivity index (χ1n) is 6.57. The van der Waals surface area contributed by atoms with Crippen LogP contribution in [-0.4, -0.2) is 52.6 Å². The smallest absolute Gasteiger partial charge is 0.326 e. The third-order valence-corrected chi connectivity index (χ3v) is 2.69. The third-order valence-electron chi connectivity index (χ3n) is 2.69. The topological polar surface area (TPSA) is 98.7 Å². The highest BCUT2D eigenvalue weighted by Gasteiger charge is 2.27. The molecule has 20 heavy (non-hydrogen) atoms. The van der Waals surface area contributed by atoms with Gasteiger partial charge in [0, 0.05) is 12.6 Å². The van der Waals surface area contributed by atoms with E-state index < -0.39 is 29.6 Å². The van der Waals surface area contributed by atoms with Crippen molar-refractivity contribution in [3.8, 4) is 0 Å². The van der Waals surface area contributed by atoms with Gasteiger partial charge < -0.3 is 20.6 Å². The van der Waals surface area contributed by atoms with E-state index in [0.717, 1.165) is 4.90 Å². The molecule has 0 aliphatic carbocycles. The minimum Gasteiger partial charge on any atom is -0.480 e. The fourth-order valence-corrected chi connectivity index (χ4v) is 1.59. The van der Waals surface area contributed by atoms with Crippen LogP contribution in [0.15, 0.2) is 0 Å². The maximum Gasteiger partial charge on any atom is 0.326 e. The van der Waals surface area contributed by atoms with E-state index in [1.165, 1.54) is 7.05 Å². The monoisotopic (exact) mass is 287 g/mol. The molecule has 0 aromatic rings. The Morgan fingerprint density at radius 1 is 1.25 bits per heavy atom. The zero-order chi connectivity index (χ0) is 16.1. The molecule has 0 radical (unpaired) electrons. The molecule has 2 atom stereocenters. The Kier molecular flexibility index (Phi) is 6.48. The molecule has 0 saturated carbocycles. The SMILES string of the molecule is CCC(C(=O)O)N(C)C(=O)NC(C)C(=O)NC(C)(C)C. The van der Waals surface area contributed by atoms with Crippen LogP contribution in [-0.2, 0) is 9.59 Å². The van der Waals surface area contributed by atoms with Gasteiger partial charge in [-0.3, -0.25) is 4.79 Å². The van der Waals surface area contributed by atoms with Gasteiger partial charge in [0.2, 0.25) is 5.91 Å². The van der Waals surface area contributed by atoms with Crippen molar-refractivity contribution in [2.45, 2.75) is 58.7 Å². The summed E-state index contributed by atoms with van der Waals surface area (Å²) in [4.78, 5) is 35.8. The zero-order valence-electron chi connectivity index (χ0n) is 13.0. The van der Waals surface area contributed by atoms with Crippen molar-refractivity contribution in [3.05, 3.63) is 0 Å². The van der Waals surface area contributed by atoms with Crippen molar-refractivity contribution < 1.29 is 19.5 Å². The number of amides is 3. The van der Waals surface area contributed by atoms with Crippen LogP contribution in [0.5, 0.6) is 0 Å². The molecule has 0 aromatic heterocycles. The van der Waals surface area contributed by atoms with Crippen LogP contribution >= 0.6 is 0 Å². The van der Waals surface area contributed by atoms with Gasteiger partial charge in [0.1, 0.15) is 12.1 Å². The number of carboxylic acids is 1. The summed E-state index contributed by atoms with van der Waals surface area (Å²) >= 11 is 0. The minimum absolute atomic E-state index is 0.293. The molecule has 0 aliphatic rings. The molecule has 116 valence electrons. The van der Waals surface area contributed by atoms with Gasteiger partial charge in [-0.15, -0.1) is 0 Å². The Morgan fingerprint density at radius 2 is 1.75 bits per heavy atom. The first-order valence-corrected chi connectivity index (χ1v) is 6.57. The average Bonchev–Trinajstić information content (AvgIpc) is 2.26. The molecule has 0 fully saturated rings. The van der Waals surface area contributed by atoms with E-state index in [2.05, 4.69) is 10.6 Å². The molecule has 7 heteroatoms. The number of carbonyl (C=O) groups excluding carboxylic acids is 2. The number of aliphatic carboxylic acids is 1. The summed E-state index contributed by atoms with van der Waals surface area (Å²) in [5.74, 6) is -1.39. The molecule has 7 nitrogen and oxygen atoms in total. The van der Waals surface area contributed by atoms with Crippen molar-refractivity contribution in [1.29, 1.82) is 0 Å². The summed E-state index contributed by atoms with van der Waals surface area (Å²) in [7, 11) is 1.39. The van der Waals surface area contributed by atoms with Crippen molar-refractivity contribution in [2.24, 2.45) is 0 Å². The van der Waals surface area contributed by atoms with Gasteiger partial charge in [-0.1, -0.05) is 6.92 Å². The van der Waals surface area contributed by atoms with Crippen molar-refractivity contribution >= 4 is 17.9 Å². The van der Waals surface area contributed by atoms with Gasteiger partial charge in [0.15, 0.2) is 0 Å². The van der Waals surface area contributed by atoms with Crippen LogP contribution in [0.1, 0.15) is 41.0 Å². The molecule has 0 rings (SSSR count). The molecule has 0 spiro atoms. The molecular weight excluding hydrogens is 262 g/mol. The van der Waals surface area contributed by atoms with E-state index in [0.29, 0.717) is 6.42 Å². The second kappa shape index (κ2) is 7.12. The molecule has 3 N–H and O–H groups in total. The summed E-state index contributed by atoms with van der Waals surface area (Å²) in [5, 5.41) is 14.2. The normalized spacial score (nSPS) is 14.1. The van der Waals surface area contributed by atoms with E-state index in [1.54, 1.807) is 13.8 Å². The van der Waals surface area contributed by atoms with Crippen LogP contribution in [0.25, 0.3) is 0 Å². The molecule has 0 saturated heterocycles. The van der Waals surface area contributed by atoms with Gasteiger partial charge in [-0.05, 0) is 34.1 Å². The van der Waals surface area contributed by atoms with E-state index in [1.807, 2.05) is 20.8 Å². The number of nitrogens with zero attached hydrogens (tertiary/aromatic N) is 1. The Balaban J connectivity index is 4.60. The number of hydrogen-bond acceptors (Lipinski definition) is 3. The van der Waals surface area contributed by atoms with Gasteiger partial charge in [-0.2, -0.15) is 0 Å². The lowest BCUT2D eigenvalue weighted by atomic mass is 10.1. The van der Waals surface area contributed by atoms with E-state index >= 15 is 0 Å². The molecule has 0 aliphatic heterocycles. The fraction of sp³-hybridized carbons (Fsp3) is 0.769. The summed E-state index contributed by atoms with van der Waals surface area (Å²) in [5.41, 5.74) is -0.394. The second-order valence-corrected chi connectivity index (χ2v) is 5.78. The number of urea groups is 1. The third kappa shape index (κ3) is 5.90. The maximum atomic E-state index is 11.9. The first kappa shape index (κ1) is 18.2. The number of carbonyl (C=O) groups is 3. The summed E-state index contributed by atoms with van der Waals surface area (Å²) in [6.07, 6.45) is 0.293. The predicted molar refractivity (Wildman–Crippen MR) is 75.4 cm³/mol. The van der Waals surface area contributed by atoms with Gasteiger partial charge in [0.05, 0.1) is 0 Å². The molecule has 0 aromatic carbocycles. The Bertz CT molecular complexity index is 376. The number of hydrogen-bond donors (Lipinski definition) is 3. The zero-order valence-corrected chi connectivity index (χ0v) is 13.0. The highest BCUT2D eigenvalue weighted by Crippen LogP contribution is 2.04. The van der Waals surface area contributed by atoms with Crippen molar-refractivity contribution in [2.75, 3.05) is 7.05 Å². The van der Waals surface area contributed by atoms with Crippen molar-refractivity contribution in [1.82, 2.24) is 15.5 Å². The Hall–Kier alpha value is -1.79. The standard InChI is InChI=1S/C13H25N3O4/c1-7-9(11(18)19)16(6)12(20)14-8(2)10(17)15-13(3,4)5/h8-9H,7H2,1-6H3,(H,14,20)(H,15,17)(H,18,19). The Labute approximate surface area is 119 Å². The highest BCUT2D eigenvalue weighted by atomic mass is 16.4. The average molecular weight is 287 g/mol. The molecule has 0 heterocycles. The maximum absolute atomic E-state index is 11.9. The van der Waals surface area contributed by atoms with Crippen LogP contribution in [0, 0.1) is 0 Å². The van der Waals surface area contributed by atoms with Gasteiger partial charge in [-0.25, -0.2) is 9.59 Å². The number of nitrogens with one attached hydrogen (secondary N) is 2. The lowest BCUT2D eigenvalue weighted by Crippen LogP contribution is -2.55. The lowest BCUT2D eigenvalue weighted by molar-refractivity contribution is -0.141. The molecule has 2 unspecified atom stereocenters.